The lowest BCUT2D eigenvalue weighted by molar-refractivity contribution is 0.0746. The monoisotopic (exact) mass is 326 g/mol. The fourth-order valence-corrected chi connectivity index (χ4v) is 2.79. The zero-order valence-corrected chi connectivity index (χ0v) is 13.2. The Balaban J connectivity index is 1.64. The Bertz CT molecular complexity index is 746. The number of hydrogen-bond acceptors (Lipinski definition) is 4. The van der Waals surface area contributed by atoms with Gasteiger partial charge in [0, 0.05) is 43.1 Å². The van der Waals surface area contributed by atoms with E-state index in [1.807, 2.05) is 35.2 Å². The number of nitrogens with zero attached hydrogens (tertiary/aromatic N) is 4. The summed E-state index contributed by atoms with van der Waals surface area (Å²) in [6, 6.07) is 12.9. The summed E-state index contributed by atoms with van der Waals surface area (Å²) in [5.41, 5.74) is 1.90. The summed E-state index contributed by atoms with van der Waals surface area (Å²) in [5, 5.41) is 9.46. The van der Waals surface area contributed by atoms with Gasteiger partial charge in [-0.05, 0) is 30.3 Å². The Kier molecular flexibility index (Phi) is 4.45. The zero-order chi connectivity index (χ0) is 16.2. The molecule has 0 saturated carbocycles. The van der Waals surface area contributed by atoms with Gasteiger partial charge in [-0.15, -0.1) is 0 Å². The van der Waals surface area contributed by atoms with E-state index in [1.54, 1.807) is 12.1 Å². The molecule has 2 heterocycles. The second kappa shape index (κ2) is 6.67. The van der Waals surface area contributed by atoms with E-state index < -0.39 is 0 Å². The van der Waals surface area contributed by atoms with Gasteiger partial charge in [-0.2, -0.15) is 5.26 Å². The van der Waals surface area contributed by atoms with Crippen molar-refractivity contribution in [2.45, 2.75) is 0 Å². The van der Waals surface area contributed by atoms with Gasteiger partial charge < -0.3 is 9.80 Å². The van der Waals surface area contributed by atoms with Crippen LogP contribution >= 0.6 is 11.6 Å². The number of rotatable bonds is 2. The molecule has 1 aromatic heterocycles. The van der Waals surface area contributed by atoms with Crippen LogP contribution in [0.5, 0.6) is 0 Å². The Hall–Kier alpha value is -2.58. The molecule has 2 aromatic rings. The van der Waals surface area contributed by atoms with Crippen LogP contribution < -0.4 is 4.90 Å². The molecule has 0 N–H and O–H groups in total. The van der Waals surface area contributed by atoms with Gasteiger partial charge in [0.05, 0.1) is 5.56 Å². The van der Waals surface area contributed by atoms with Crippen molar-refractivity contribution in [3.8, 4) is 6.07 Å². The first kappa shape index (κ1) is 15.3. The van der Waals surface area contributed by atoms with Crippen LogP contribution in [0.1, 0.15) is 16.1 Å². The van der Waals surface area contributed by atoms with Gasteiger partial charge in [-0.25, -0.2) is 4.98 Å². The van der Waals surface area contributed by atoms with Crippen LogP contribution in [0.4, 0.5) is 5.69 Å². The summed E-state index contributed by atoms with van der Waals surface area (Å²) >= 11 is 6.03. The largest absolute Gasteiger partial charge is 0.368 e. The predicted molar refractivity (Wildman–Crippen MR) is 88.5 cm³/mol. The van der Waals surface area contributed by atoms with Crippen molar-refractivity contribution in [2.24, 2.45) is 0 Å². The van der Waals surface area contributed by atoms with Crippen molar-refractivity contribution in [1.29, 1.82) is 5.26 Å². The Morgan fingerprint density at radius 2 is 1.96 bits per heavy atom. The van der Waals surface area contributed by atoms with E-state index in [9.17, 15) is 4.79 Å². The number of carbonyl (C=O) groups is 1. The summed E-state index contributed by atoms with van der Waals surface area (Å²) in [4.78, 5) is 20.4. The minimum Gasteiger partial charge on any atom is -0.368 e. The molecule has 1 amide bonds. The average Bonchev–Trinajstić information content (AvgIpc) is 2.61. The van der Waals surface area contributed by atoms with Gasteiger partial charge in [-0.1, -0.05) is 17.7 Å². The van der Waals surface area contributed by atoms with Crippen LogP contribution in [0.2, 0.25) is 5.02 Å². The van der Waals surface area contributed by atoms with Gasteiger partial charge in [0.25, 0.3) is 5.91 Å². The maximum atomic E-state index is 12.5. The van der Waals surface area contributed by atoms with Crippen molar-refractivity contribution in [2.75, 3.05) is 31.1 Å². The number of amides is 1. The SMILES string of the molecule is N#Cc1ccc(C(=O)N2CCN(c3cccc(Cl)c3)CC2)cn1. The van der Waals surface area contributed by atoms with Crippen LogP contribution in [0.25, 0.3) is 0 Å². The van der Waals surface area contributed by atoms with E-state index in [0.717, 1.165) is 18.8 Å². The van der Waals surface area contributed by atoms with Gasteiger partial charge in [0.1, 0.15) is 11.8 Å². The fourth-order valence-electron chi connectivity index (χ4n) is 2.61. The Morgan fingerprint density at radius 3 is 2.57 bits per heavy atom. The number of carbonyl (C=O) groups excluding carboxylic acids is 1. The number of hydrogen-bond donors (Lipinski definition) is 0. The average molecular weight is 327 g/mol. The van der Waals surface area contributed by atoms with E-state index >= 15 is 0 Å². The molecular formula is C17H15ClN4O. The molecule has 0 aliphatic carbocycles. The third-order valence-corrected chi connectivity index (χ3v) is 4.10. The van der Waals surface area contributed by atoms with Gasteiger partial charge >= 0.3 is 0 Å². The molecule has 0 spiro atoms. The molecular weight excluding hydrogens is 312 g/mol. The highest BCUT2D eigenvalue weighted by Gasteiger charge is 2.22. The van der Waals surface area contributed by atoms with Crippen molar-refractivity contribution >= 4 is 23.2 Å². The van der Waals surface area contributed by atoms with Crippen LogP contribution in [0, 0.1) is 11.3 Å². The summed E-state index contributed by atoms with van der Waals surface area (Å²) in [6.07, 6.45) is 1.46. The Labute approximate surface area is 139 Å². The second-order valence-electron chi connectivity index (χ2n) is 5.30. The minimum atomic E-state index is -0.0484. The molecule has 0 unspecified atom stereocenters. The molecule has 0 radical (unpaired) electrons. The molecule has 0 atom stereocenters. The lowest BCUT2D eigenvalue weighted by atomic mass is 10.2. The number of halogens is 1. The van der Waals surface area contributed by atoms with Crippen molar-refractivity contribution < 1.29 is 4.79 Å². The summed E-state index contributed by atoms with van der Waals surface area (Å²) in [6.45, 7) is 2.81. The van der Waals surface area contributed by atoms with Crippen LogP contribution in [-0.4, -0.2) is 42.0 Å². The molecule has 6 heteroatoms. The molecule has 116 valence electrons. The minimum absolute atomic E-state index is 0.0484. The standard InChI is InChI=1S/C17H15ClN4O/c18-14-2-1-3-16(10-14)21-6-8-22(9-7-21)17(23)13-4-5-15(11-19)20-12-13/h1-5,10,12H,6-9H2. The van der Waals surface area contributed by atoms with Crippen LogP contribution in [0.3, 0.4) is 0 Å². The van der Waals surface area contributed by atoms with Crippen LogP contribution in [-0.2, 0) is 0 Å². The van der Waals surface area contributed by atoms with E-state index in [1.165, 1.54) is 6.20 Å². The number of anilines is 1. The third kappa shape index (κ3) is 3.43. The highest BCUT2D eigenvalue weighted by molar-refractivity contribution is 6.30. The number of piperazine rings is 1. The van der Waals surface area contributed by atoms with Crippen molar-refractivity contribution in [3.05, 3.63) is 58.9 Å². The Morgan fingerprint density at radius 1 is 1.17 bits per heavy atom. The summed E-state index contributed by atoms with van der Waals surface area (Å²) < 4.78 is 0. The second-order valence-corrected chi connectivity index (χ2v) is 5.74. The van der Waals surface area contributed by atoms with Gasteiger partial charge in [0.15, 0.2) is 0 Å². The maximum Gasteiger partial charge on any atom is 0.255 e. The third-order valence-electron chi connectivity index (χ3n) is 3.87. The molecule has 0 bridgehead atoms. The van der Waals surface area contributed by atoms with Crippen molar-refractivity contribution in [3.63, 3.8) is 0 Å². The summed E-state index contributed by atoms with van der Waals surface area (Å²) in [5.74, 6) is -0.0484. The molecule has 5 nitrogen and oxygen atoms in total. The predicted octanol–water partition coefficient (Wildman–Crippen LogP) is 2.57. The lowest BCUT2D eigenvalue weighted by Crippen LogP contribution is -2.48. The fraction of sp³-hybridized carbons (Fsp3) is 0.235. The molecule has 1 aliphatic heterocycles. The molecule has 23 heavy (non-hydrogen) atoms. The van der Waals surface area contributed by atoms with E-state index in [0.29, 0.717) is 29.4 Å². The molecule has 3 rings (SSSR count). The lowest BCUT2D eigenvalue weighted by Gasteiger charge is -2.36. The number of nitriles is 1. The molecule has 1 saturated heterocycles. The van der Waals surface area contributed by atoms with Gasteiger partial charge in [0.2, 0.25) is 0 Å². The van der Waals surface area contributed by atoms with Gasteiger partial charge in [-0.3, -0.25) is 4.79 Å². The molecule has 1 aromatic carbocycles. The number of pyridine rings is 1. The quantitative estimate of drug-likeness (QED) is 0.851. The zero-order valence-electron chi connectivity index (χ0n) is 12.4. The highest BCUT2D eigenvalue weighted by Crippen LogP contribution is 2.21. The number of benzene rings is 1. The van der Waals surface area contributed by atoms with E-state index in [2.05, 4.69) is 9.88 Å². The number of aromatic nitrogens is 1. The molecule has 1 fully saturated rings. The molecule has 1 aliphatic rings. The highest BCUT2D eigenvalue weighted by atomic mass is 35.5. The topological polar surface area (TPSA) is 60.2 Å². The summed E-state index contributed by atoms with van der Waals surface area (Å²) in [7, 11) is 0. The first-order chi connectivity index (χ1) is 11.2. The van der Waals surface area contributed by atoms with Crippen molar-refractivity contribution in [1.82, 2.24) is 9.88 Å². The smallest absolute Gasteiger partial charge is 0.255 e. The maximum absolute atomic E-state index is 12.5. The normalized spacial score (nSPS) is 14.4. The van der Waals surface area contributed by atoms with Crippen LogP contribution in [0.15, 0.2) is 42.6 Å². The first-order valence-corrected chi connectivity index (χ1v) is 7.71. The van der Waals surface area contributed by atoms with E-state index in [4.69, 9.17) is 16.9 Å². The first-order valence-electron chi connectivity index (χ1n) is 7.33. The van der Waals surface area contributed by atoms with E-state index in [-0.39, 0.29) is 5.91 Å².